The van der Waals surface area contributed by atoms with Crippen molar-refractivity contribution in [1.82, 2.24) is 4.98 Å². The molecular weight excluding hydrogens is 275 g/mol. The van der Waals surface area contributed by atoms with Gasteiger partial charge in [0.15, 0.2) is 0 Å². The van der Waals surface area contributed by atoms with Crippen molar-refractivity contribution < 1.29 is 13.2 Å². The number of nitrogens with two attached hydrogens (primary N) is 1. The van der Waals surface area contributed by atoms with E-state index in [-0.39, 0.29) is 16.8 Å². The summed E-state index contributed by atoms with van der Waals surface area (Å²) in [6.45, 7) is 6.09. The molecule has 106 valence electrons. The number of hydrogen-bond acceptors (Lipinski definition) is 3. The summed E-state index contributed by atoms with van der Waals surface area (Å²) in [7, 11) is 0. The molecule has 0 aliphatic carbocycles. The van der Waals surface area contributed by atoms with Crippen LogP contribution in [0.2, 0.25) is 0 Å². The van der Waals surface area contributed by atoms with E-state index in [1.165, 1.54) is 6.07 Å². The molecule has 1 rings (SSSR count). The zero-order chi connectivity index (χ0) is 14.8. The minimum Gasteiger partial charge on any atom is -0.389 e. The molecule has 2 N–H and O–H groups in total. The van der Waals surface area contributed by atoms with Crippen LogP contribution in [0.15, 0.2) is 12.1 Å². The largest absolute Gasteiger partial charge is 0.433 e. The first-order chi connectivity index (χ1) is 8.68. The van der Waals surface area contributed by atoms with Gasteiger partial charge in [0.25, 0.3) is 0 Å². The maximum Gasteiger partial charge on any atom is 0.433 e. The molecule has 1 aromatic rings. The molecule has 3 nitrogen and oxygen atoms in total. The minimum atomic E-state index is -4.49. The molecule has 0 bridgehead atoms. The third-order valence-electron chi connectivity index (χ3n) is 2.67. The summed E-state index contributed by atoms with van der Waals surface area (Å²) in [6, 6.07) is 2.17. The number of hydrogen-bond donors (Lipinski definition) is 1. The van der Waals surface area contributed by atoms with Crippen molar-refractivity contribution in [3.05, 3.63) is 23.4 Å². The second-order valence-electron chi connectivity index (χ2n) is 4.31. The molecule has 0 radical (unpaired) electrons. The van der Waals surface area contributed by atoms with Gasteiger partial charge in [-0.05, 0) is 32.9 Å². The normalized spacial score (nSPS) is 11.7. The van der Waals surface area contributed by atoms with Crippen molar-refractivity contribution in [1.29, 1.82) is 0 Å². The highest BCUT2D eigenvalue weighted by Crippen LogP contribution is 2.31. The zero-order valence-electron chi connectivity index (χ0n) is 11.0. The number of anilines is 1. The number of aromatic nitrogens is 1. The fourth-order valence-electron chi connectivity index (χ4n) is 1.78. The van der Waals surface area contributed by atoms with Crippen LogP contribution in [0.3, 0.4) is 0 Å². The first-order valence-electron chi connectivity index (χ1n) is 5.83. The second kappa shape index (κ2) is 5.73. The summed E-state index contributed by atoms with van der Waals surface area (Å²) >= 11 is 4.87. The molecule has 0 aliphatic rings. The highest BCUT2D eigenvalue weighted by molar-refractivity contribution is 7.80. The van der Waals surface area contributed by atoms with Gasteiger partial charge in [0.05, 0.1) is 5.56 Å². The van der Waals surface area contributed by atoms with E-state index in [4.69, 9.17) is 18.0 Å². The Kier molecular flexibility index (Phi) is 4.73. The number of thiocarbonyl (C=S) groups is 1. The Morgan fingerprint density at radius 2 is 2.00 bits per heavy atom. The quantitative estimate of drug-likeness (QED) is 0.866. The maximum absolute atomic E-state index is 12.7. The summed E-state index contributed by atoms with van der Waals surface area (Å²) < 4.78 is 38.2. The van der Waals surface area contributed by atoms with Crippen LogP contribution in [-0.2, 0) is 6.18 Å². The third kappa shape index (κ3) is 3.56. The topological polar surface area (TPSA) is 42.2 Å². The van der Waals surface area contributed by atoms with Crippen LogP contribution in [0.1, 0.15) is 32.0 Å². The smallest absolute Gasteiger partial charge is 0.389 e. The van der Waals surface area contributed by atoms with Crippen molar-refractivity contribution in [3.63, 3.8) is 0 Å². The third-order valence-corrected chi connectivity index (χ3v) is 2.89. The average molecular weight is 291 g/mol. The maximum atomic E-state index is 12.7. The van der Waals surface area contributed by atoms with E-state index in [1.54, 1.807) is 4.90 Å². The standard InChI is InChI=1S/C12H16F3N3S/c1-4-18(7(2)3)11-8(10(16)19)5-6-9(17-11)12(13,14)15/h5-7H,4H2,1-3H3,(H2,16,19). The van der Waals surface area contributed by atoms with Crippen molar-refractivity contribution in [2.75, 3.05) is 11.4 Å². The van der Waals surface area contributed by atoms with Gasteiger partial charge in [0.1, 0.15) is 16.5 Å². The monoisotopic (exact) mass is 291 g/mol. The van der Waals surface area contributed by atoms with Crippen LogP contribution in [0.25, 0.3) is 0 Å². The molecule has 0 unspecified atom stereocenters. The average Bonchev–Trinajstić information content (AvgIpc) is 2.27. The summed E-state index contributed by atoms with van der Waals surface area (Å²) in [4.78, 5) is 5.45. The van der Waals surface area contributed by atoms with Gasteiger partial charge in [-0.3, -0.25) is 0 Å². The lowest BCUT2D eigenvalue weighted by atomic mass is 10.2. The zero-order valence-corrected chi connectivity index (χ0v) is 11.8. The molecule has 0 aromatic carbocycles. The predicted molar refractivity (Wildman–Crippen MR) is 73.3 cm³/mol. The molecular formula is C12H16F3N3S. The van der Waals surface area contributed by atoms with Crippen LogP contribution >= 0.6 is 12.2 Å². The fourth-order valence-corrected chi connectivity index (χ4v) is 1.94. The summed E-state index contributed by atoms with van der Waals surface area (Å²) in [5.41, 5.74) is 4.97. The number of halogens is 3. The van der Waals surface area contributed by atoms with Gasteiger partial charge in [-0.15, -0.1) is 0 Å². The molecule has 0 saturated heterocycles. The van der Waals surface area contributed by atoms with E-state index in [0.717, 1.165) is 6.07 Å². The highest BCUT2D eigenvalue weighted by atomic mass is 32.1. The van der Waals surface area contributed by atoms with E-state index in [2.05, 4.69) is 4.98 Å². The molecule has 0 spiro atoms. The Morgan fingerprint density at radius 1 is 1.42 bits per heavy atom. The molecule has 0 amide bonds. The highest BCUT2D eigenvalue weighted by Gasteiger charge is 2.34. The van der Waals surface area contributed by atoms with Crippen LogP contribution in [0, 0.1) is 0 Å². The number of rotatable bonds is 4. The van der Waals surface area contributed by atoms with Crippen molar-refractivity contribution in [2.24, 2.45) is 5.73 Å². The predicted octanol–water partition coefficient (Wildman–Crippen LogP) is 2.97. The van der Waals surface area contributed by atoms with Crippen LogP contribution in [0.4, 0.5) is 19.0 Å². The first kappa shape index (κ1) is 15.7. The van der Waals surface area contributed by atoms with Gasteiger partial charge in [-0.25, -0.2) is 4.98 Å². The molecule has 0 atom stereocenters. The Bertz CT molecular complexity index is 472. The van der Waals surface area contributed by atoms with Gasteiger partial charge >= 0.3 is 6.18 Å². The van der Waals surface area contributed by atoms with Crippen molar-refractivity contribution in [2.45, 2.75) is 33.0 Å². The molecule has 0 fully saturated rings. The SMILES string of the molecule is CCN(c1nc(C(F)(F)F)ccc1C(N)=S)C(C)C. The number of pyridine rings is 1. The summed E-state index contributed by atoms with van der Waals surface area (Å²) in [6.07, 6.45) is -4.49. The Hall–Kier alpha value is -1.37. The van der Waals surface area contributed by atoms with Gasteiger partial charge in [-0.2, -0.15) is 13.2 Å². The van der Waals surface area contributed by atoms with Gasteiger partial charge in [0, 0.05) is 12.6 Å². The fraction of sp³-hybridized carbons (Fsp3) is 0.500. The molecule has 0 saturated carbocycles. The summed E-state index contributed by atoms with van der Waals surface area (Å²) in [5.74, 6) is 0.180. The molecule has 1 aromatic heterocycles. The number of alkyl halides is 3. The van der Waals surface area contributed by atoms with E-state index < -0.39 is 11.9 Å². The van der Waals surface area contributed by atoms with Crippen molar-refractivity contribution in [3.8, 4) is 0 Å². The van der Waals surface area contributed by atoms with E-state index in [0.29, 0.717) is 12.1 Å². The van der Waals surface area contributed by atoms with Gasteiger partial charge < -0.3 is 10.6 Å². The van der Waals surface area contributed by atoms with Gasteiger partial charge in [0.2, 0.25) is 0 Å². The Balaban J connectivity index is 3.42. The minimum absolute atomic E-state index is 0.00548. The first-order valence-corrected chi connectivity index (χ1v) is 6.24. The Morgan fingerprint density at radius 3 is 2.37 bits per heavy atom. The Labute approximate surface area is 115 Å². The summed E-state index contributed by atoms with van der Waals surface area (Å²) in [5, 5.41) is 0. The van der Waals surface area contributed by atoms with Crippen LogP contribution in [-0.4, -0.2) is 22.6 Å². The lowest BCUT2D eigenvalue weighted by Gasteiger charge is -2.28. The van der Waals surface area contributed by atoms with E-state index >= 15 is 0 Å². The molecule has 1 heterocycles. The molecule has 0 aliphatic heterocycles. The molecule has 19 heavy (non-hydrogen) atoms. The lowest BCUT2D eigenvalue weighted by Crippen LogP contribution is -2.34. The molecule has 7 heteroatoms. The lowest BCUT2D eigenvalue weighted by molar-refractivity contribution is -0.141. The van der Waals surface area contributed by atoms with Crippen LogP contribution in [0.5, 0.6) is 0 Å². The van der Waals surface area contributed by atoms with Gasteiger partial charge in [-0.1, -0.05) is 12.2 Å². The van der Waals surface area contributed by atoms with Crippen LogP contribution < -0.4 is 10.6 Å². The van der Waals surface area contributed by atoms with E-state index in [1.807, 2.05) is 20.8 Å². The number of nitrogens with zero attached hydrogens (tertiary/aromatic N) is 2. The van der Waals surface area contributed by atoms with E-state index in [9.17, 15) is 13.2 Å². The van der Waals surface area contributed by atoms with Crippen molar-refractivity contribution >= 4 is 23.0 Å². The second-order valence-corrected chi connectivity index (χ2v) is 4.75.